The summed E-state index contributed by atoms with van der Waals surface area (Å²) in [6, 6.07) is 72.2. The summed E-state index contributed by atoms with van der Waals surface area (Å²) < 4.78 is 0. The Kier molecular flexibility index (Phi) is 7.33. The number of hydrogen-bond donors (Lipinski definition) is 0. The molecule has 0 saturated carbocycles. The quantitative estimate of drug-likeness (QED) is 0.131. The van der Waals surface area contributed by atoms with Gasteiger partial charge in [0.25, 0.3) is 0 Å². The summed E-state index contributed by atoms with van der Waals surface area (Å²) in [4.78, 5) is 10.8. The Hall–Kier alpha value is -7.16. The van der Waals surface area contributed by atoms with Crippen molar-refractivity contribution in [1.82, 2.24) is 9.97 Å². The van der Waals surface area contributed by atoms with Crippen molar-refractivity contribution in [3.05, 3.63) is 217 Å². The summed E-state index contributed by atoms with van der Waals surface area (Å²) in [7, 11) is 0. The monoisotopic (exact) mass is 712 g/mol. The van der Waals surface area contributed by atoms with Crippen molar-refractivity contribution in [3.8, 4) is 56.2 Å². The Morgan fingerprint density at radius 2 is 0.964 bits per heavy atom. The van der Waals surface area contributed by atoms with Crippen molar-refractivity contribution < 1.29 is 0 Å². The van der Waals surface area contributed by atoms with Crippen LogP contribution in [0.5, 0.6) is 0 Å². The van der Waals surface area contributed by atoms with E-state index in [1.165, 1.54) is 71.3 Å². The molecule has 2 heteroatoms. The zero-order chi connectivity index (χ0) is 37.2. The first-order chi connectivity index (χ1) is 27.7. The molecule has 1 aliphatic rings. The third-order valence-electron chi connectivity index (χ3n) is 12.0. The van der Waals surface area contributed by atoms with Crippen molar-refractivity contribution in [1.29, 1.82) is 0 Å². The first kappa shape index (κ1) is 32.3. The summed E-state index contributed by atoms with van der Waals surface area (Å²) in [5.74, 6) is 0.706. The van der Waals surface area contributed by atoms with Crippen LogP contribution < -0.4 is 0 Å². The number of fused-ring (bicyclic) bond motifs is 7. The predicted molar refractivity (Wildman–Crippen MR) is 234 cm³/mol. The predicted octanol–water partition coefficient (Wildman–Crippen LogP) is 13.9. The molecule has 0 spiro atoms. The molecule has 1 unspecified atom stereocenters. The Morgan fingerprint density at radius 3 is 1.73 bits per heavy atom. The third kappa shape index (κ3) is 4.89. The number of benzene rings is 9. The standard InChI is InChI=1S/C54H36N2/c1-54(39-22-9-4-10-23-39)46-28-16-15-25-41(46)45-33-38(30-32-47(45)54)48-34-49(56-53(55-48)37-20-7-3-8-21-37)52-43-27-14-13-26-42(43)50(36-18-5-2-6-19-36)44-31-29-35-17-11-12-24-40(35)51(44)52/h2-34H,1H3. The van der Waals surface area contributed by atoms with Gasteiger partial charge in [-0.05, 0) is 84.9 Å². The molecule has 10 aromatic rings. The number of nitrogens with zero attached hydrogens (tertiary/aromatic N) is 2. The van der Waals surface area contributed by atoms with Gasteiger partial charge in [-0.25, -0.2) is 9.97 Å². The molecule has 0 aliphatic heterocycles. The van der Waals surface area contributed by atoms with Gasteiger partial charge in [-0.2, -0.15) is 0 Å². The topological polar surface area (TPSA) is 25.8 Å². The largest absolute Gasteiger partial charge is 0.228 e. The molecule has 9 aromatic carbocycles. The van der Waals surface area contributed by atoms with Crippen molar-refractivity contribution in [3.63, 3.8) is 0 Å². The van der Waals surface area contributed by atoms with E-state index in [9.17, 15) is 0 Å². The van der Waals surface area contributed by atoms with Crippen molar-refractivity contribution in [2.75, 3.05) is 0 Å². The normalized spacial score (nSPS) is 14.6. The summed E-state index contributed by atoms with van der Waals surface area (Å²) >= 11 is 0. The molecule has 11 rings (SSSR count). The van der Waals surface area contributed by atoms with Crippen LogP contribution >= 0.6 is 0 Å². The van der Waals surface area contributed by atoms with Gasteiger partial charge in [0.05, 0.1) is 11.4 Å². The first-order valence-corrected chi connectivity index (χ1v) is 19.3. The summed E-state index contributed by atoms with van der Waals surface area (Å²) in [6.07, 6.45) is 0. The lowest BCUT2D eigenvalue weighted by Gasteiger charge is -2.28. The van der Waals surface area contributed by atoms with Crippen LogP contribution in [0.4, 0.5) is 0 Å². The fourth-order valence-electron chi connectivity index (χ4n) is 9.31. The molecule has 0 radical (unpaired) electrons. The van der Waals surface area contributed by atoms with Gasteiger partial charge in [0, 0.05) is 27.5 Å². The van der Waals surface area contributed by atoms with Gasteiger partial charge in [0.15, 0.2) is 5.82 Å². The van der Waals surface area contributed by atoms with E-state index in [1.54, 1.807) is 0 Å². The fourth-order valence-corrected chi connectivity index (χ4v) is 9.31. The zero-order valence-corrected chi connectivity index (χ0v) is 30.9. The second kappa shape index (κ2) is 12.7. The second-order valence-electron chi connectivity index (χ2n) is 15.0. The lowest BCUT2D eigenvalue weighted by Crippen LogP contribution is -2.22. The van der Waals surface area contributed by atoms with Crippen LogP contribution in [0.1, 0.15) is 23.6 Å². The summed E-state index contributed by atoms with van der Waals surface area (Å²) in [6.45, 7) is 2.36. The minimum absolute atomic E-state index is 0.267. The average Bonchev–Trinajstić information content (AvgIpc) is 3.54. The minimum Gasteiger partial charge on any atom is -0.228 e. The highest BCUT2D eigenvalue weighted by atomic mass is 14.9. The van der Waals surface area contributed by atoms with Crippen LogP contribution in [0.25, 0.3) is 88.5 Å². The van der Waals surface area contributed by atoms with Crippen LogP contribution in [0.3, 0.4) is 0 Å². The molecule has 1 heterocycles. The first-order valence-electron chi connectivity index (χ1n) is 19.3. The maximum atomic E-state index is 5.47. The van der Waals surface area contributed by atoms with Gasteiger partial charge in [-0.15, -0.1) is 0 Å². The molecule has 262 valence electrons. The van der Waals surface area contributed by atoms with Crippen LogP contribution in [0, 0.1) is 0 Å². The Balaban J connectivity index is 1.22. The molecular weight excluding hydrogens is 677 g/mol. The van der Waals surface area contributed by atoms with E-state index in [0.717, 1.165) is 28.1 Å². The molecule has 56 heavy (non-hydrogen) atoms. The van der Waals surface area contributed by atoms with E-state index in [4.69, 9.17) is 9.97 Å². The molecular formula is C54H36N2. The molecule has 1 aliphatic carbocycles. The zero-order valence-electron chi connectivity index (χ0n) is 30.9. The van der Waals surface area contributed by atoms with Crippen molar-refractivity contribution >= 4 is 32.3 Å². The number of hydrogen-bond acceptors (Lipinski definition) is 2. The molecule has 0 N–H and O–H groups in total. The highest BCUT2D eigenvalue weighted by molar-refractivity contribution is 6.27. The lowest BCUT2D eigenvalue weighted by atomic mass is 9.74. The van der Waals surface area contributed by atoms with Gasteiger partial charge in [0.1, 0.15) is 0 Å². The van der Waals surface area contributed by atoms with Crippen molar-refractivity contribution in [2.24, 2.45) is 0 Å². The van der Waals surface area contributed by atoms with Crippen LogP contribution in [0.15, 0.2) is 200 Å². The van der Waals surface area contributed by atoms with Gasteiger partial charge in [-0.3, -0.25) is 0 Å². The highest BCUT2D eigenvalue weighted by Gasteiger charge is 2.40. The SMILES string of the molecule is CC1(c2ccccc2)c2ccccc2-c2cc(-c3cc(-c4c5ccccc5c(-c5ccccc5)c5ccc6ccccc6c45)nc(-c4ccccc4)n3)ccc21. The van der Waals surface area contributed by atoms with E-state index in [1.807, 2.05) is 6.07 Å². The number of rotatable bonds is 5. The van der Waals surface area contributed by atoms with Crippen molar-refractivity contribution in [2.45, 2.75) is 12.3 Å². The fraction of sp³-hybridized carbons (Fsp3) is 0.0370. The van der Waals surface area contributed by atoms with Gasteiger partial charge in [-0.1, -0.05) is 188 Å². The Morgan fingerprint density at radius 1 is 0.375 bits per heavy atom. The molecule has 1 atom stereocenters. The molecule has 0 amide bonds. The van der Waals surface area contributed by atoms with Gasteiger partial charge < -0.3 is 0 Å². The smallest absolute Gasteiger partial charge is 0.160 e. The van der Waals surface area contributed by atoms with E-state index in [0.29, 0.717) is 5.82 Å². The van der Waals surface area contributed by atoms with Gasteiger partial charge >= 0.3 is 0 Å². The third-order valence-corrected chi connectivity index (χ3v) is 12.0. The molecule has 0 fully saturated rings. The van der Waals surface area contributed by atoms with Gasteiger partial charge in [0.2, 0.25) is 0 Å². The van der Waals surface area contributed by atoms with Crippen LogP contribution in [0.2, 0.25) is 0 Å². The maximum Gasteiger partial charge on any atom is 0.160 e. The number of aromatic nitrogens is 2. The lowest BCUT2D eigenvalue weighted by molar-refractivity contribution is 0.714. The van der Waals surface area contributed by atoms with E-state index in [2.05, 4.69) is 201 Å². The molecule has 0 saturated heterocycles. The molecule has 1 aromatic heterocycles. The van der Waals surface area contributed by atoms with Crippen LogP contribution in [-0.4, -0.2) is 9.97 Å². The maximum absolute atomic E-state index is 5.47. The molecule has 2 nitrogen and oxygen atoms in total. The Bertz CT molecular complexity index is 3130. The Labute approximate surface area is 326 Å². The highest BCUT2D eigenvalue weighted by Crippen LogP contribution is 2.53. The van der Waals surface area contributed by atoms with E-state index < -0.39 is 0 Å². The summed E-state index contributed by atoms with van der Waals surface area (Å²) in [5, 5.41) is 7.18. The van der Waals surface area contributed by atoms with E-state index >= 15 is 0 Å². The summed E-state index contributed by atoms with van der Waals surface area (Å²) in [5.41, 5.74) is 13.6. The molecule has 0 bridgehead atoms. The van der Waals surface area contributed by atoms with E-state index in [-0.39, 0.29) is 5.41 Å². The average molecular weight is 713 g/mol. The van der Waals surface area contributed by atoms with Crippen LogP contribution in [-0.2, 0) is 5.41 Å². The second-order valence-corrected chi connectivity index (χ2v) is 15.0. The minimum atomic E-state index is -0.267.